The van der Waals surface area contributed by atoms with Crippen molar-refractivity contribution in [3.8, 4) is 23.7 Å². The molecule has 0 bridgehead atoms. The van der Waals surface area contributed by atoms with E-state index in [1.807, 2.05) is 0 Å². The molecule has 0 saturated heterocycles. The lowest BCUT2D eigenvalue weighted by Gasteiger charge is -1.85. The monoisotopic (exact) mass is 232 g/mol. The van der Waals surface area contributed by atoms with Gasteiger partial charge in [-0.15, -0.1) is 0 Å². The van der Waals surface area contributed by atoms with Crippen LogP contribution in [0, 0.1) is 23.7 Å². The molecule has 0 aliphatic carbocycles. The molecule has 3 heteroatoms. The number of rotatable bonds is 0. The molecule has 0 spiro atoms. The van der Waals surface area contributed by atoms with E-state index in [9.17, 15) is 4.79 Å². The predicted octanol–water partition coefficient (Wildman–Crippen LogP) is 1.45. The molecule has 0 aliphatic rings. The lowest BCUT2D eigenvalue weighted by Crippen LogP contribution is -1.87. The zero-order valence-electron chi connectivity index (χ0n) is 9.42. The Balaban J connectivity index is 2.07. The molecule has 0 fully saturated rings. The maximum absolute atomic E-state index is 11.4. The van der Waals surface area contributed by atoms with E-state index in [1.54, 1.807) is 49.1 Å². The van der Waals surface area contributed by atoms with Crippen LogP contribution >= 0.6 is 0 Å². The Morgan fingerprint density at radius 3 is 1.56 bits per heavy atom. The molecule has 0 unspecified atom stereocenters. The minimum Gasteiger partial charge on any atom is -0.270 e. The number of aromatic nitrogens is 2. The smallest absolute Gasteiger partial charge is 0.270 e. The van der Waals surface area contributed by atoms with Crippen LogP contribution in [0.15, 0.2) is 49.1 Å². The first kappa shape index (κ1) is 11.6. The molecule has 0 aliphatic heterocycles. The average Bonchev–Trinajstić information content (AvgIpc) is 2.45. The highest BCUT2D eigenvalue weighted by molar-refractivity contribution is 6.09. The summed E-state index contributed by atoms with van der Waals surface area (Å²) in [5.74, 6) is 9.97. The Kier molecular flexibility index (Phi) is 3.85. The molecule has 84 valence electrons. The van der Waals surface area contributed by atoms with E-state index in [0.717, 1.165) is 11.1 Å². The summed E-state index contributed by atoms with van der Waals surface area (Å²) in [5, 5.41) is 0. The fraction of sp³-hybridized carbons (Fsp3) is 0. The van der Waals surface area contributed by atoms with Crippen molar-refractivity contribution in [3.63, 3.8) is 0 Å². The van der Waals surface area contributed by atoms with Crippen LogP contribution in [0.2, 0.25) is 0 Å². The second-order valence-electron chi connectivity index (χ2n) is 3.30. The number of pyridine rings is 2. The summed E-state index contributed by atoms with van der Waals surface area (Å²) in [6.07, 6.45) is 6.49. The summed E-state index contributed by atoms with van der Waals surface area (Å²) in [7, 11) is 0. The van der Waals surface area contributed by atoms with Gasteiger partial charge in [-0.2, -0.15) is 0 Å². The Bertz CT molecular complexity index is 596. The maximum atomic E-state index is 11.4. The van der Waals surface area contributed by atoms with E-state index in [-0.39, 0.29) is 0 Å². The fourth-order valence-corrected chi connectivity index (χ4v) is 1.16. The predicted molar refractivity (Wildman–Crippen MR) is 67.2 cm³/mol. The molecule has 0 amide bonds. The van der Waals surface area contributed by atoms with E-state index in [4.69, 9.17) is 0 Å². The van der Waals surface area contributed by atoms with E-state index in [1.165, 1.54) is 0 Å². The molecule has 18 heavy (non-hydrogen) atoms. The Morgan fingerprint density at radius 1 is 0.778 bits per heavy atom. The first-order valence-corrected chi connectivity index (χ1v) is 5.22. The van der Waals surface area contributed by atoms with Crippen LogP contribution < -0.4 is 0 Å². The van der Waals surface area contributed by atoms with Gasteiger partial charge in [0, 0.05) is 35.9 Å². The van der Waals surface area contributed by atoms with Crippen LogP contribution in [0.3, 0.4) is 0 Å². The van der Waals surface area contributed by atoms with Crippen molar-refractivity contribution < 1.29 is 4.79 Å². The second-order valence-corrected chi connectivity index (χ2v) is 3.30. The lowest BCUT2D eigenvalue weighted by molar-refractivity contribution is -0.108. The molecule has 2 aromatic heterocycles. The van der Waals surface area contributed by atoms with Gasteiger partial charge in [0.05, 0.1) is 0 Å². The standard InChI is InChI=1S/C15H8N2O/c18-15(3-1-13-5-9-16-10-6-13)4-2-14-7-11-17-12-8-14/h5-12H. The van der Waals surface area contributed by atoms with Gasteiger partial charge in [0.1, 0.15) is 0 Å². The first-order valence-electron chi connectivity index (χ1n) is 5.22. The number of hydrogen-bond acceptors (Lipinski definition) is 3. The summed E-state index contributed by atoms with van der Waals surface area (Å²) in [5.41, 5.74) is 1.48. The van der Waals surface area contributed by atoms with Gasteiger partial charge in [0.15, 0.2) is 0 Å². The van der Waals surface area contributed by atoms with Crippen molar-refractivity contribution in [3.05, 3.63) is 60.2 Å². The van der Waals surface area contributed by atoms with Gasteiger partial charge in [0.25, 0.3) is 5.78 Å². The molecule has 2 heterocycles. The van der Waals surface area contributed by atoms with Gasteiger partial charge in [-0.05, 0) is 36.1 Å². The third-order valence-electron chi connectivity index (χ3n) is 2.00. The normalized spacial score (nSPS) is 8.44. The Hall–Kier alpha value is -2.91. The molecular weight excluding hydrogens is 224 g/mol. The number of hydrogen-bond donors (Lipinski definition) is 0. The van der Waals surface area contributed by atoms with Gasteiger partial charge >= 0.3 is 0 Å². The Morgan fingerprint density at radius 2 is 1.17 bits per heavy atom. The molecule has 0 aromatic carbocycles. The van der Waals surface area contributed by atoms with Crippen molar-refractivity contribution in [1.29, 1.82) is 0 Å². The SMILES string of the molecule is O=C(C#Cc1ccncc1)C#Cc1ccncc1. The van der Waals surface area contributed by atoms with Crippen molar-refractivity contribution in [2.24, 2.45) is 0 Å². The van der Waals surface area contributed by atoms with E-state index in [0.29, 0.717) is 0 Å². The summed E-state index contributed by atoms with van der Waals surface area (Å²) < 4.78 is 0. The number of ketones is 1. The van der Waals surface area contributed by atoms with Gasteiger partial charge in [-0.1, -0.05) is 11.8 Å². The average molecular weight is 232 g/mol. The zero-order chi connectivity index (χ0) is 12.6. The molecule has 3 nitrogen and oxygen atoms in total. The molecule has 2 rings (SSSR count). The summed E-state index contributed by atoms with van der Waals surface area (Å²) >= 11 is 0. The van der Waals surface area contributed by atoms with E-state index in [2.05, 4.69) is 33.6 Å². The topological polar surface area (TPSA) is 42.9 Å². The van der Waals surface area contributed by atoms with Crippen LogP contribution in [-0.4, -0.2) is 15.8 Å². The number of Topliss-reactive ketones (excluding diaryl/α,β-unsaturated/α-hetero) is 1. The highest BCUT2D eigenvalue weighted by Gasteiger charge is 1.89. The van der Waals surface area contributed by atoms with Crippen LogP contribution in [-0.2, 0) is 4.79 Å². The van der Waals surface area contributed by atoms with Crippen LogP contribution in [0.1, 0.15) is 11.1 Å². The minimum atomic E-state index is -0.413. The molecule has 0 atom stereocenters. The molecule has 0 N–H and O–H groups in total. The van der Waals surface area contributed by atoms with Gasteiger partial charge in [-0.3, -0.25) is 14.8 Å². The number of nitrogens with zero attached hydrogens (tertiary/aromatic N) is 2. The quantitative estimate of drug-likeness (QED) is 0.646. The lowest BCUT2D eigenvalue weighted by atomic mass is 10.2. The molecule has 2 aromatic rings. The van der Waals surface area contributed by atoms with Gasteiger partial charge in [-0.25, -0.2) is 0 Å². The van der Waals surface area contributed by atoms with Crippen molar-refractivity contribution in [1.82, 2.24) is 9.97 Å². The van der Waals surface area contributed by atoms with Gasteiger partial charge in [0.2, 0.25) is 0 Å². The van der Waals surface area contributed by atoms with Crippen LogP contribution in [0.5, 0.6) is 0 Å². The molecule has 0 saturated carbocycles. The first-order chi connectivity index (χ1) is 8.84. The largest absolute Gasteiger partial charge is 0.279 e. The Labute approximate surface area is 105 Å². The van der Waals surface area contributed by atoms with Crippen LogP contribution in [0.25, 0.3) is 0 Å². The maximum Gasteiger partial charge on any atom is 0.279 e. The van der Waals surface area contributed by atoms with Crippen molar-refractivity contribution in [2.75, 3.05) is 0 Å². The van der Waals surface area contributed by atoms with Crippen molar-refractivity contribution in [2.45, 2.75) is 0 Å². The van der Waals surface area contributed by atoms with E-state index >= 15 is 0 Å². The summed E-state index contributed by atoms with van der Waals surface area (Å²) in [6.45, 7) is 0. The minimum absolute atomic E-state index is 0.413. The molecular formula is C15H8N2O. The molecule has 0 radical (unpaired) electrons. The van der Waals surface area contributed by atoms with Crippen molar-refractivity contribution >= 4 is 5.78 Å². The van der Waals surface area contributed by atoms with Gasteiger partial charge < -0.3 is 0 Å². The fourth-order valence-electron chi connectivity index (χ4n) is 1.16. The third-order valence-corrected chi connectivity index (χ3v) is 2.00. The van der Waals surface area contributed by atoms with E-state index < -0.39 is 5.78 Å². The third kappa shape index (κ3) is 3.59. The highest BCUT2D eigenvalue weighted by atomic mass is 16.1. The number of carbonyl (C=O) groups excluding carboxylic acids is 1. The summed E-state index contributed by atoms with van der Waals surface area (Å²) in [4.78, 5) is 19.1. The zero-order valence-corrected chi connectivity index (χ0v) is 9.42. The highest BCUT2D eigenvalue weighted by Crippen LogP contribution is 1.93. The van der Waals surface area contributed by atoms with Crippen LogP contribution in [0.4, 0.5) is 0 Å². The number of carbonyl (C=O) groups is 1. The summed E-state index contributed by atoms with van der Waals surface area (Å²) in [6, 6.07) is 6.93. The second kappa shape index (κ2) is 5.98.